The van der Waals surface area contributed by atoms with Crippen molar-refractivity contribution in [2.45, 2.75) is 12.3 Å². The summed E-state index contributed by atoms with van der Waals surface area (Å²) in [5.41, 5.74) is 9.83. The van der Waals surface area contributed by atoms with Crippen LogP contribution in [0.15, 0.2) is 180 Å². The van der Waals surface area contributed by atoms with Gasteiger partial charge in [-0.15, -0.1) is 0 Å². The molecule has 4 aromatic heterocycles. The third-order valence-electron chi connectivity index (χ3n) is 10.6. The maximum Gasteiger partial charge on any atom is 0.238 e. The van der Waals surface area contributed by atoms with Crippen molar-refractivity contribution in [3.8, 4) is 51.1 Å². The average Bonchev–Trinajstić information content (AvgIpc) is 3.83. The van der Waals surface area contributed by atoms with Crippen molar-refractivity contribution in [3.63, 3.8) is 0 Å². The normalized spacial score (nSPS) is 14.0. The molecule has 0 N–H and O–H groups in total. The van der Waals surface area contributed by atoms with E-state index in [1.807, 2.05) is 54.6 Å². The molecule has 0 radical (unpaired) electrons. The van der Waals surface area contributed by atoms with E-state index in [-0.39, 0.29) is 5.92 Å². The van der Waals surface area contributed by atoms with E-state index in [0.717, 1.165) is 78.5 Å². The van der Waals surface area contributed by atoms with Crippen molar-refractivity contribution >= 4 is 43.9 Å². The van der Waals surface area contributed by atoms with Crippen molar-refractivity contribution in [3.05, 3.63) is 182 Å². The molecule has 0 bridgehead atoms. The van der Waals surface area contributed by atoms with Gasteiger partial charge in [-0.1, -0.05) is 158 Å². The quantitative estimate of drug-likeness (QED) is 0.170. The molecule has 1 aliphatic carbocycles. The summed E-state index contributed by atoms with van der Waals surface area (Å²) in [4.78, 5) is 26.1. The van der Waals surface area contributed by atoms with Crippen molar-refractivity contribution in [2.75, 3.05) is 0 Å². The first-order chi connectivity index (χ1) is 27.8. The molecule has 4 heterocycles. The van der Waals surface area contributed by atoms with Gasteiger partial charge in [0.25, 0.3) is 0 Å². The lowest BCUT2D eigenvalue weighted by Crippen LogP contribution is -2.07. The van der Waals surface area contributed by atoms with E-state index in [9.17, 15) is 0 Å². The standard InChI is InChI=1S/C49H32N6O/c1-5-15-31(16-6-1)32-25-27-36(28-26-32)48-52-47(35-21-11-4-12-22-35)53-49(54-48)55-39-24-14-13-23-37(39)38-29-30-40-41(44(38)55)43-45(56-40)42(33-17-7-2-8-18-33)50-46(51-43)34-19-9-3-10-20-34/h1-19,21-30,34H,20H2. The van der Waals surface area contributed by atoms with Crippen LogP contribution >= 0.6 is 0 Å². The van der Waals surface area contributed by atoms with Crippen molar-refractivity contribution in [1.82, 2.24) is 29.5 Å². The predicted octanol–water partition coefficient (Wildman–Crippen LogP) is 11.9. The Labute approximate surface area is 322 Å². The van der Waals surface area contributed by atoms with Gasteiger partial charge < -0.3 is 4.42 Å². The second-order valence-corrected chi connectivity index (χ2v) is 14.0. The molecule has 6 aromatic carbocycles. The molecule has 7 heteroatoms. The summed E-state index contributed by atoms with van der Waals surface area (Å²) in [6.45, 7) is 0. The van der Waals surface area contributed by atoms with E-state index < -0.39 is 0 Å². The van der Waals surface area contributed by atoms with Gasteiger partial charge in [-0.2, -0.15) is 9.97 Å². The van der Waals surface area contributed by atoms with Gasteiger partial charge in [0.1, 0.15) is 22.6 Å². The van der Waals surface area contributed by atoms with Gasteiger partial charge in [0, 0.05) is 33.4 Å². The molecule has 0 saturated heterocycles. The third kappa shape index (κ3) is 5.32. The van der Waals surface area contributed by atoms with Crippen LogP contribution in [-0.4, -0.2) is 29.5 Å². The predicted molar refractivity (Wildman–Crippen MR) is 224 cm³/mol. The molecule has 7 nitrogen and oxygen atoms in total. The number of allylic oxidation sites excluding steroid dienone is 4. The van der Waals surface area contributed by atoms with Crippen LogP contribution in [0.5, 0.6) is 0 Å². The fourth-order valence-corrected chi connectivity index (χ4v) is 7.89. The van der Waals surface area contributed by atoms with E-state index in [1.54, 1.807) is 0 Å². The monoisotopic (exact) mass is 720 g/mol. The second-order valence-electron chi connectivity index (χ2n) is 14.0. The number of para-hydroxylation sites is 1. The van der Waals surface area contributed by atoms with Gasteiger partial charge in [-0.05, 0) is 35.7 Å². The summed E-state index contributed by atoms with van der Waals surface area (Å²) < 4.78 is 8.94. The Balaban J connectivity index is 1.21. The molecule has 0 amide bonds. The molecule has 0 spiro atoms. The summed E-state index contributed by atoms with van der Waals surface area (Å²) in [6.07, 6.45) is 9.32. The highest BCUT2D eigenvalue weighted by atomic mass is 16.3. The van der Waals surface area contributed by atoms with Crippen LogP contribution in [0.25, 0.3) is 95.0 Å². The number of rotatable bonds is 6. The number of fused-ring (bicyclic) bond motifs is 7. The average molecular weight is 721 g/mol. The molecule has 0 aliphatic heterocycles. The zero-order valence-electron chi connectivity index (χ0n) is 30.1. The number of nitrogens with zero attached hydrogens (tertiary/aromatic N) is 6. The molecule has 1 unspecified atom stereocenters. The number of benzene rings is 6. The van der Waals surface area contributed by atoms with Crippen LogP contribution in [0, 0.1) is 0 Å². The first-order valence-corrected chi connectivity index (χ1v) is 18.8. The first kappa shape index (κ1) is 32.0. The topological polar surface area (TPSA) is 82.5 Å². The zero-order chi connectivity index (χ0) is 37.0. The summed E-state index contributed by atoms with van der Waals surface area (Å²) in [5, 5.41) is 3.01. The zero-order valence-corrected chi connectivity index (χ0v) is 30.1. The minimum Gasteiger partial charge on any atom is -0.452 e. The fourth-order valence-electron chi connectivity index (χ4n) is 7.89. The van der Waals surface area contributed by atoms with Crippen LogP contribution in [0.4, 0.5) is 0 Å². The van der Waals surface area contributed by atoms with Gasteiger partial charge in [0.2, 0.25) is 5.95 Å². The number of furan rings is 1. The lowest BCUT2D eigenvalue weighted by Gasteiger charge is -2.13. The lowest BCUT2D eigenvalue weighted by atomic mass is 9.99. The fraction of sp³-hybridized carbons (Fsp3) is 0.0408. The SMILES string of the molecule is C1=CCC(c2nc(-c3ccccc3)c3oc4ccc5c6ccccc6n(-c6nc(-c7ccccc7)nc(-c7ccc(-c8ccccc8)cc7)n6)c5c4c3n2)C=C1. The maximum absolute atomic E-state index is 6.79. The van der Waals surface area contributed by atoms with Crippen molar-refractivity contribution < 1.29 is 4.42 Å². The van der Waals surface area contributed by atoms with Gasteiger partial charge >= 0.3 is 0 Å². The lowest BCUT2D eigenvalue weighted by molar-refractivity contribution is 0.664. The Morgan fingerprint density at radius 1 is 0.518 bits per heavy atom. The molecule has 10 aromatic rings. The van der Waals surface area contributed by atoms with Crippen LogP contribution in [0.3, 0.4) is 0 Å². The molecule has 0 saturated carbocycles. The second kappa shape index (κ2) is 13.1. The van der Waals surface area contributed by atoms with E-state index in [1.165, 1.54) is 0 Å². The van der Waals surface area contributed by atoms with E-state index in [4.69, 9.17) is 29.3 Å². The number of hydrogen-bond acceptors (Lipinski definition) is 6. The highest BCUT2D eigenvalue weighted by molar-refractivity contribution is 6.24. The Morgan fingerprint density at radius 3 is 1.86 bits per heavy atom. The Kier molecular flexibility index (Phi) is 7.48. The molecule has 56 heavy (non-hydrogen) atoms. The van der Waals surface area contributed by atoms with Crippen molar-refractivity contribution in [2.24, 2.45) is 0 Å². The Morgan fingerprint density at radius 2 is 1.14 bits per heavy atom. The van der Waals surface area contributed by atoms with Crippen LogP contribution in [0.2, 0.25) is 0 Å². The highest BCUT2D eigenvalue weighted by Gasteiger charge is 2.26. The largest absolute Gasteiger partial charge is 0.452 e. The molecule has 1 aliphatic rings. The molecular formula is C49H32N6O. The van der Waals surface area contributed by atoms with Gasteiger partial charge in [-0.3, -0.25) is 4.57 Å². The molecule has 0 fully saturated rings. The summed E-state index contributed by atoms with van der Waals surface area (Å²) in [7, 11) is 0. The van der Waals surface area contributed by atoms with Gasteiger partial charge in [0.15, 0.2) is 17.2 Å². The summed E-state index contributed by atoms with van der Waals surface area (Å²) in [6, 6.07) is 51.7. The smallest absolute Gasteiger partial charge is 0.238 e. The van der Waals surface area contributed by atoms with Gasteiger partial charge in [0.05, 0.1) is 16.4 Å². The molecule has 264 valence electrons. The number of hydrogen-bond donors (Lipinski definition) is 0. The minimum atomic E-state index is 0.0367. The summed E-state index contributed by atoms with van der Waals surface area (Å²) in [5.74, 6) is 2.46. The highest BCUT2D eigenvalue weighted by Crippen LogP contribution is 2.43. The maximum atomic E-state index is 6.79. The van der Waals surface area contributed by atoms with Crippen LogP contribution in [0.1, 0.15) is 18.2 Å². The van der Waals surface area contributed by atoms with Crippen LogP contribution in [-0.2, 0) is 0 Å². The summed E-state index contributed by atoms with van der Waals surface area (Å²) >= 11 is 0. The van der Waals surface area contributed by atoms with E-state index >= 15 is 0 Å². The molecule has 11 rings (SSSR count). The van der Waals surface area contributed by atoms with E-state index in [2.05, 4.69) is 126 Å². The van der Waals surface area contributed by atoms with E-state index in [0.29, 0.717) is 28.8 Å². The molecule has 1 atom stereocenters. The van der Waals surface area contributed by atoms with Crippen LogP contribution < -0.4 is 0 Å². The number of aromatic nitrogens is 6. The molecular weight excluding hydrogens is 689 g/mol. The minimum absolute atomic E-state index is 0.0367. The Bertz CT molecular complexity index is 3150. The third-order valence-corrected chi connectivity index (χ3v) is 10.6. The van der Waals surface area contributed by atoms with Gasteiger partial charge in [-0.25, -0.2) is 15.0 Å². The Hall–Kier alpha value is -7.51. The van der Waals surface area contributed by atoms with Crippen molar-refractivity contribution in [1.29, 1.82) is 0 Å². The first-order valence-electron chi connectivity index (χ1n) is 18.8.